The SMILES string of the molecule is CC[C@@]1(O)C(=O)OCc2c1cc1n(c2=O)Cc2c-1nc1cccc3c1c2[C@@H](N)CC3. The molecule has 152 valence electrons. The molecule has 0 fully saturated rings. The number of hydrogen-bond acceptors (Lipinski definition) is 6. The zero-order valence-corrected chi connectivity index (χ0v) is 16.6. The van der Waals surface area contributed by atoms with Crippen LogP contribution in [0.4, 0.5) is 0 Å². The maximum absolute atomic E-state index is 13.3. The number of carbonyl (C=O) groups is 1. The number of aromatic nitrogens is 2. The fraction of sp³-hybridized carbons (Fsp3) is 0.348. The molecule has 2 aromatic heterocycles. The Kier molecular flexibility index (Phi) is 3.42. The van der Waals surface area contributed by atoms with E-state index in [-0.39, 0.29) is 24.6 Å². The van der Waals surface area contributed by atoms with E-state index in [2.05, 4.69) is 6.07 Å². The van der Waals surface area contributed by atoms with E-state index >= 15 is 0 Å². The molecule has 0 saturated carbocycles. The lowest BCUT2D eigenvalue weighted by molar-refractivity contribution is -0.172. The highest BCUT2D eigenvalue weighted by Gasteiger charge is 2.45. The van der Waals surface area contributed by atoms with Gasteiger partial charge in [-0.15, -0.1) is 0 Å². The first-order chi connectivity index (χ1) is 14.4. The van der Waals surface area contributed by atoms with Crippen molar-refractivity contribution in [1.29, 1.82) is 0 Å². The highest BCUT2D eigenvalue weighted by molar-refractivity contribution is 5.92. The van der Waals surface area contributed by atoms with Crippen molar-refractivity contribution in [3.05, 3.63) is 62.4 Å². The van der Waals surface area contributed by atoms with E-state index < -0.39 is 11.6 Å². The van der Waals surface area contributed by atoms with Crippen LogP contribution < -0.4 is 11.3 Å². The van der Waals surface area contributed by atoms with Crippen LogP contribution >= 0.6 is 0 Å². The van der Waals surface area contributed by atoms with Gasteiger partial charge >= 0.3 is 5.97 Å². The molecule has 7 heteroatoms. The van der Waals surface area contributed by atoms with Crippen molar-refractivity contribution in [2.45, 2.75) is 51.0 Å². The van der Waals surface area contributed by atoms with Crippen LogP contribution in [0, 0.1) is 0 Å². The number of esters is 1. The Bertz CT molecular complexity index is 1340. The highest BCUT2D eigenvalue weighted by atomic mass is 16.6. The van der Waals surface area contributed by atoms with Gasteiger partial charge in [0.1, 0.15) is 6.61 Å². The summed E-state index contributed by atoms with van der Waals surface area (Å²) in [4.78, 5) is 30.6. The molecule has 30 heavy (non-hydrogen) atoms. The number of ether oxygens (including phenoxy) is 1. The van der Waals surface area contributed by atoms with Gasteiger partial charge in [0.15, 0.2) is 5.60 Å². The topological polar surface area (TPSA) is 107 Å². The fourth-order valence-corrected chi connectivity index (χ4v) is 5.31. The van der Waals surface area contributed by atoms with Crippen molar-refractivity contribution in [1.82, 2.24) is 9.55 Å². The molecule has 1 aromatic carbocycles. The standard InChI is InChI=1S/C23H21N3O4/c1-2-23(29)14-8-17-20-12(9-26(17)21(27)13(14)10-30-22(23)28)19-15(24)7-6-11-4-3-5-16(25-20)18(11)19/h3-5,8,15,29H,2,6-7,9-10,24H2,1H3/t15-,23-/m0/s1. The van der Waals surface area contributed by atoms with Gasteiger partial charge in [-0.2, -0.15) is 0 Å². The quantitative estimate of drug-likeness (QED) is 0.471. The summed E-state index contributed by atoms with van der Waals surface area (Å²) in [6.07, 6.45) is 1.89. The van der Waals surface area contributed by atoms with E-state index in [9.17, 15) is 14.7 Å². The Labute approximate surface area is 172 Å². The van der Waals surface area contributed by atoms with Gasteiger partial charge in [0.2, 0.25) is 0 Å². The van der Waals surface area contributed by atoms with Gasteiger partial charge in [-0.05, 0) is 42.5 Å². The Balaban J connectivity index is 1.69. The van der Waals surface area contributed by atoms with Crippen LogP contribution in [0.2, 0.25) is 0 Å². The molecule has 3 aliphatic rings. The first-order valence-electron chi connectivity index (χ1n) is 10.3. The Morgan fingerprint density at radius 2 is 2.17 bits per heavy atom. The minimum atomic E-state index is -1.82. The molecule has 7 nitrogen and oxygen atoms in total. The molecule has 0 saturated heterocycles. The molecular weight excluding hydrogens is 382 g/mol. The van der Waals surface area contributed by atoms with Gasteiger partial charge in [0, 0.05) is 22.6 Å². The largest absolute Gasteiger partial charge is 0.458 e. The molecule has 2 atom stereocenters. The normalized spacial score (nSPS) is 23.7. The van der Waals surface area contributed by atoms with Gasteiger partial charge in [0.05, 0.1) is 29.0 Å². The van der Waals surface area contributed by atoms with Gasteiger partial charge < -0.3 is 20.1 Å². The molecule has 3 N–H and O–H groups in total. The van der Waals surface area contributed by atoms with Crippen LogP contribution in [-0.2, 0) is 34.7 Å². The average molecular weight is 403 g/mol. The summed E-state index contributed by atoms with van der Waals surface area (Å²) in [5, 5.41) is 12.1. The number of benzene rings is 1. The molecule has 0 spiro atoms. The second-order valence-electron chi connectivity index (χ2n) is 8.41. The number of fused-ring (bicyclic) bond motifs is 5. The Hall–Kier alpha value is -3.03. The zero-order chi connectivity index (χ0) is 20.8. The van der Waals surface area contributed by atoms with Crippen molar-refractivity contribution in [2.75, 3.05) is 0 Å². The molecule has 0 bridgehead atoms. The summed E-state index contributed by atoms with van der Waals surface area (Å²) in [6.45, 7) is 1.96. The van der Waals surface area contributed by atoms with Crippen molar-refractivity contribution >= 4 is 16.9 Å². The van der Waals surface area contributed by atoms with E-state index in [0.29, 0.717) is 29.1 Å². The monoisotopic (exact) mass is 403 g/mol. The number of rotatable bonds is 1. The van der Waals surface area contributed by atoms with Gasteiger partial charge in [-0.25, -0.2) is 9.78 Å². The minimum absolute atomic E-state index is 0.115. The molecular formula is C23H21N3O4. The van der Waals surface area contributed by atoms with Crippen LogP contribution in [0.5, 0.6) is 0 Å². The predicted octanol–water partition coefficient (Wildman–Crippen LogP) is 2.03. The number of carbonyl (C=O) groups excluding carboxylic acids is 1. The van der Waals surface area contributed by atoms with Crippen LogP contribution in [0.1, 0.15) is 53.6 Å². The van der Waals surface area contributed by atoms with E-state index in [4.69, 9.17) is 15.5 Å². The summed E-state index contributed by atoms with van der Waals surface area (Å²) in [5.41, 5.74) is 10.6. The third-order valence-corrected chi connectivity index (χ3v) is 6.94. The number of nitrogens with two attached hydrogens (primary N) is 1. The van der Waals surface area contributed by atoms with Crippen LogP contribution in [0.3, 0.4) is 0 Å². The van der Waals surface area contributed by atoms with E-state index in [0.717, 1.165) is 34.9 Å². The van der Waals surface area contributed by atoms with Gasteiger partial charge in [0.25, 0.3) is 5.56 Å². The summed E-state index contributed by atoms with van der Waals surface area (Å²) < 4.78 is 6.81. The van der Waals surface area contributed by atoms with Crippen molar-refractivity contribution in [3.63, 3.8) is 0 Å². The van der Waals surface area contributed by atoms with Crippen molar-refractivity contribution in [3.8, 4) is 11.4 Å². The predicted molar refractivity (Wildman–Crippen MR) is 110 cm³/mol. The van der Waals surface area contributed by atoms with Gasteiger partial charge in [-0.3, -0.25) is 4.79 Å². The Morgan fingerprint density at radius 3 is 2.97 bits per heavy atom. The molecule has 2 aliphatic heterocycles. The average Bonchev–Trinajstić information content (AvgIpc) is 3.12. The molecule has 1 aliphatic carbocycles. The summed E-state index contributed by atoms with van der Waals surface area (Å²) >= 11 is 0. The highest BCUT2D eigenvalue weighted by Crippen LogP contribution is 2.44. The maximum atomic E-state index is 13.3. The van der Waals surface area contributed by atoms with Crippen molar-refractivity contribution < 1.29 is 14.6 Å². The molecule has 0 unspecified atom stereocenters. The molecule has 0 amide bonds. The second kappa shape index (κ2) is 5.77. The molecule has 0 radical (unpaired) electrons. The molecule has 4 heterocycles. The van der Waals surface area contributed by atoms with E-state index in [1.165, 1.54) is 5.56 Å². The summed E-state index contributed by atoms with van der Waals surface area (Å²) in [6, 6.07) is 7.72. The number of aryl methyl sites for hydroxylation is 1. The Morgan fingerprint density at radius 1 is 1.33 bits per heavy atom. The van der Waals surface area contributed by atoms with Gasteiger partial charge in [-0.1, -0.05) is 19.1 Å². The second-order valence-corrected chi connectivity index (χ2v) is 8.41. The molecule has 6 rings (SSSR count). The summed E-state index contributed by atoms with van der Waals surface area (Å²) in [7, 11) is 0. The number of nitrogens with zero attached hydrogens (tertiary/aromatic N) is 2. The summed E-state index contributed by atoms with van der Waals surface area (Å²) in [5.74, 6) is -0.715. The lowest BCUT2D eigenvalue weighted by Gasteiger charge is -2.31. The lowest BCUT2D eigenvalue weighted by Crippen LogP contribution is -2.44. The molecule has 3 aromatic rings. The minimum Gasteiger partial charge on any atom is -0.458 e. The van der Waals surface area contributed by atoms with Crippen molar-refractivity contribution in [2.24, 2.45) is 5.73 Å². The fourth-order valence-electron chi connectivity index (χ4n) is 5.31. The number of pyridine rings is 2. The van der Waals surface area contributed by atoms with Crippen LogP contribution in [0.15, 0.2) is 29.1 Å². The van der Waals surface area contributed by atoms with E-state index in [1.54, 1.807) is 17.6 Å². The zero-order valence-electron chi connectivity index (χ0n) is 16.6. The van der Waals surface area contributed by atoms with Crippen LogP contribution in [0.25, 0.3) is 22.3 Å². The third-order valence-electron chi connectivity index (χ3n) is 6.94. The number of hydrogen-bond donors (Lipinski definition) is 2. The smallest absolute Gasteiger partial charge is 0.343 e. The number of cyclic esters (lactones) is 1. The lowest BCUT2D eigenvalue weighted by atomic mass is 9.84. The van der Waals surface area contributed by atoms with Crippen LogP contribution in [-0.4, -0.2) is 20.6 Å². The first kappa shape index (κ1) is 17.8. The number of aliphatic hydroxyl groups is 1. The maximum Gasteiger partial charge on any atom is 0.343 e. The third kappa shape index (κ3) is 2.03. The first-order valence-corrected chi connectivity index (χ1v) is 10.3. The van der Waals surface area contributed by atoms with E-state index in [1.807, 2.05) is 12.1 Å².